The van der Waals surface area contributed by atoms with Gasteiger partial charge in [0.25, 0.3) is 0 Å². The first-order chi connectivity index (χ1) is 19.6. The number of ether oxygens (including phenoxy) is 4. The van der Waals surface area contributed by atoms with Crippen LogP contribution in [0.4, 0.5) is 0 Å². The Labute approximate surface area is 245 Å². The molecule has 1 aromatic heterocycles. The first-order valence-electron chi connectivity index (χ1n) is 15.1. The van der Waals surface area contributed by atoms with Gasteiger partial charge in [0.05, 0.1) is 32.0 Å². The molecule has 2 saturated heterocycles. The summed E-state index contributed by atoms with van der Waals surface area (Å²) in [6.07, 6.45) is 1.92. The fourth-order valence-corrected chi connectivity index (χ4v) is 9.83. The van der Waals surface area contributed by atoms with Crippen molar-refractivity contribution in [3.8, 4) is 0 Å². The van der Waals surface area contributed by atoms with Gasteiger partial charge >= 0.3 is 17.9 Å². The lowest BCUT2D eigenvalue weighted by atomic mass is 9.36. The molecule has 230 valence electrons. The Kier molecular flexibility index (Phi) is 6.39. The monoisotopic (exact) mass is 586 g/mol. The van der Waals surface area contributed by atoms with Crippen LogP contribution in [-0.2, 0) is 38.1 Å². The molecular weight excluding hydrogens is 544 g/mol. The minimum Gasteiger partial charge on any atom is -0.472 e. The lowest BCUT2D eigenvalue weighted by Crippen LogP contribution is -2.80. The molecule has 0 amide bonds. The van der Waals surface area contributed by atoms with Gasteiger partial charge in [-0.15, -0.1) is 0 Å². The van der Waals surface area contributed by atoms with Crippen molar-refractivity contribution >= 4 is 23.7 Å². The van der Waals surface area contributed by atoms with Crippen LogP contribution < -0.4 is 0 Å². The average Bonchev–Trinajstić information content (AvgIpc) is 3.44. The molecule has 1 N–H and O–H groups in total. The third-order valence-corrected chi connectivity index (χ3v) is 12.1. The van der Waals surface area contributed by atoms with Crippen molar-refractivity contribution in [3.63, 3.8) is 0 Å². The lowest BCUT2D eigenvalue weighted by molar-refractivity contribution is -0.252. The molecule has 5 aliphatic rings. The van der Waals surface area contributed by atoms with E-state index in [2.05, 4.69) is 6.92 Å². The summed E-state index contributed by atoms with van der Waals surface area (Å²) < 4.78 is 29.1. The van der Waals surface area contributed by atoms with E-state index in [0.717, 1.165) is 5.56 Å². The van der Waals surface area contributed by atoms with E-state index in [0.29, 0.717) is 19.3 Å². The molecule has 6 rings (SSSR count). The maximum atomic E-state index is 14.7. The molecule has 0 aromatic carbocycles. The second-order valence-electron chi connectivity index (χ2n) is 14.3. The fraction of sp³-hybridized carbons (Fsp3) is 0.750. The maximum absolute atomic E-state index is 14.7. The van der Waals surface area contributed by atoms with Crippen molar-refractivity contribution in [2.75, 3.05) is 7.11 Å². The van der Waals surface area contributed by atoms with E-state index in [1.54, 1.807) is 25.5 Å². The average molecular weight is 587 g/mol. The number of aliphatic hydroxyl groups is 1. The molecule has 1 aromatic rings. The molecule has 11 atom stereocenters. The number of furan rings is 1. The van der Waals surface area contributed by atoms with E-state index in [4.69, 9.17) is 23.4 Å². The van der Waals surface area contributed by atoms with Gasteiger partial charge in [-0.2, -0.15) is 0 Å². The number of cyclic esters (lactones) is 1. The van der Waals surface area contributed by atoms with Gasteiger partial charge in [0.2, 0.25) is 0 Å². The first kappa shape index (κ1) is 29.4. The number of ketones is 1. The molecule has 42 heavy (non-hydrogen) atoms. The van der Waals surface area contributed by atoms with Crippen LogP contribution in [0.1, 0.15) is 85.3 Å². The SMILES string of the molecule is CC[C@@H](C)C(=O)O[C@H]1C(C)(C)[C@H](CC(=O)OC)[C@]2(C)C(=O)[C@@]1(O)[C@H]1O[C@]13[C@@H]1CC(=O)O[C@@H](c4ccoc4)[C@]1(C)CC[C@H]23. The summed E-state index contributed by atoms with van der Waals surface area (Å²) >= 11 is 0. The summed E-state index contributed by atoms with van der Waals surface area (Å²) in [6, 6.07) is 1.79. The summed E-state index contributed by atoms with van der Waals surface area (Å²) in [5, 5.41) is 12.7. The van der Waals surface area contributed by atoms with E-state index in [1.807, 2.05) is 27.7 Å². The summed E-state index contributed by atoms with van der Waals surface area (Å²) in [5.74, 6) is -3.77. The molecule has 5 fully saturated rings. The van der Waals surface area contributed by atoms with Gasteiger partial charge in [-0.05, 0) is 31.2 Å². The van der Waals surface area contributed by atoms with Crippen LogP contribution in [0.15, 0.2) is 23.0 Å². The minimum absolute atomic E-state index is 0.0561. The Balaban J connectivity index is 1.52. The maximum Gasteiger partial charge on any atom is 0.309 e. The van der Waals surface area contributed by atoms with Crippen LogP contribution in [0.2, 0.25) is 0 Å². The predicted octanol–water partition coefficient (Wildman–Crippen LogP) is 3.93. The molecule has 3 aliphatic carbocycles. The van der Waals surface area contributed by atoms with E-state index in [9.17, 15) is 24.3 Å². The number of Topliss-reactive ketones (excluding diaryl/α,β-unsaturated/α-hetero) is 1. The highest BCUT2D eigenvalue weighted by atomic mass is 16.6. The number of fused-ring (bicyclic) bond motifs is 5. The number of esters is 3. The molecule has 0 unspecified atom stereocenters. The zero-order valence-corrected chi connectivity index (χ0v) is 25.4. The predicted molar refractivity (Wildman–Crippen MR) is 145 cm³/mol. The normalized spacial score (nSPS) is 45.4. The molecule has 0 radical (unpaired) electrons. The molecule has 3 heterocycles. The van der Waals surface area contributed by atoms with Crippen LogP contribution in [-0.4, -0.2) is 59.3 Å². The zero-order valence-electron chi connectivity index (χ0n) is 25.4. The molecule has 2 bridgehead atoms. The molecular formula is C32H42O10. The first-order valence-corrected chi connectivity index (χ1v) is 15.1. The van der Waals surface area contributed by atoms with Crippen molar-refractivity contribution in [2.45, 2.75) is 103 Å². The smallest absolute Gasteiger partial charge is 0.309 e. The Morgan fingerprint density at radius 1 is 1.17 bits per heavy atom. The van der Waals surface area contributed by atoms with Crippen LogP contribution in [0.25, 0.3) is 0 Å². The topological polar surface area (TPSA) is 142 Å². The van der Waals surface area contributed by atoms with Gasteiger partial charge in [0, 0.05) is 40.1 Å². The van der Waals surface area contributed by atoms with Crippen molar-refractivity contribution < 1.29 is 47.6 Å². The number of methoxy groups -OCH3 is 1. The van der Waals surface area contributed by atoms with Crippen molar-refractivity contribution in [1.82, 2.24) is 0 Å². The fourth-order valence-electron chi connectivity index (χ4n) is 9.83. The van der Waals surface area contributed by atoms with E-state index >= 15 is 0 Å². The third-order valence-electron chi connectivity index (χ3n) is 12.1. The Morgan fingerprint density at radius 3 is 2.50 bits per heavy atom. The Morgan fingerprint density at radius 2 is 1.88 bits per heavy atom. The second-order valence-corrected chi connectivity index (χ2v) is 14.3. The van der Waals surface area contributed by atoms with Gasteiger partial charge in [-0.25, -0.2) is 0 Å². The van der Waals surface area contributed by atoms with Crippen molar-refractivity contribution in [2.24, 2.45) is 39.9 Å². The highest BCUT2D eigenvalue weighted by Crippen LogP contribution is 2.78. The van der Waals surface area contributed by atoms with Crippen LogP contribution in [0, 0.1) is 39.9 Å². The van der Waals surface area contributed by atoms with E-state index in [-0.39, 0.29) is 12.8 Å². The van der Waals surface area contributed by atoms with Gasteiger partial charge in [0.1, 0.15) is 23.9 Å². The second kappa shape index (κ2) is 9.14. The van der Waals surface area contributed by atoms with Crippen LogP contribution >= 0.6 is 0 Å². The number of hydrogen-bond donors (Lipinski definition) is 1. The summed E-state index contributed by atoms with van der Waals surface area (Å²) in [5.41, 5.74) is -5.30. The number of carbonyl (C=O) groups is 4. The van der Waals surface area contributed by atoms with E-state index in [1.165, 1.54) is 7.11 Å². The third kappa shape index (κ3) is 3.45. The molecule has 2 aliphatic heterocycles. The Bertz CT molecular complexity index is 1320. The van der Waals surface area contributed by atoms with Gasteiger partial charge < -0.3 is 28.5 Å². The number of hydrogen-bond acceptors (Lipinski definition) is 10. The quantitative estimate of drug-likeness (QED) is 0.296. The summed E-state index contributed by atoms with van der Waals surface area (Å²) in [7, 11) is 1.30. The minimum atomic E-state index is -2.17. The highest BCUT2D eigenvalue weighted by molar-refractivity contribution is 5.99. The van der Waals surface area contributed by atoms with Crippen molar-refractivity contribution in [1.29, 1.82) is 0 Å². The van der Waals surface area contributed by atoms with Crippen molar-refractivity contribution in [3.05, 3.63) is 24.2 Å². The van der Waals surface area contributed by atoms with Gasteiger partial charge in [-0.3, -0.25) is 19.2 Å². The van der Waals surface area contributed by atoms with Crippen LogP contribution in [0.3, 0.4) is 0 Å². The standard InChI is InChI=1S/C32H42O10/c1-8-16(2)24(35)41-26-28(3,4)19(13-21(33)38-7)30(6)18-9-11-29(5)20(32(18)27(42-32)31(26,37)25(30)36)14-22(34)40-23(29)17-10-12-39-15-17/h10,12,15-16,18-20,23,26-27,37H,8-9,11,13-14H2,1-7H3/t16-,18-,19+,20-,23+,26+,27-,29-,30-,31+,32-/m1/s1. The summed E-state index contributed by atoms with van der Waals surface area (Å²) in [4.78, 5) is 54.0. The number of rotatable bonds is 6. The van der Waals surface area contributed by atoms with Gasteiger partial charge in [0.15, 0.2) is 11.4 Å². The lowest BCUT2D eigenvalue weighted by Gasteiger charge is -2.66. The van der Waals surface area contributed by atoms with Crippen LogP contribution in [0.5, 0.6) is 0 Å². The highest BCUT2D eigenvalue weighted by Gasteiger charge is 2.90. The largest absolute Gasteiger partial charge is 0.472 e. The molecule has 10 heteroatoms. The van der Waals surface area contributed by atoms with E-state index < -0.39 is 93.1 Å². The molecule has 1 spiro atoms. The number of epoxide rings is 1. The van der Waals surface area contributed by atoms with Gasteiger partial charge in [-0.1, -0.05) is 41.5 Å². The number of carbonyl (C=O) groups excluding carboxylic acids is 4. The molecule has 10 nitrogen and oxygen atoms in total. The molecule has 3 saturated carbocycles. The zero-order chi connectivity index (χ0) is 30.6. The summed E-state index contributed by atoms with van der Waals surface area (Å²) in [6.45, 7) is 11.2. The Hall–Kier alpha value is -2.72.